The molecule has 0 spiro atoms. The lowest BCUT2D eigenvalue weighted by Gasteiger charge is -1.96. The summed E-state index contributed by atoms with van der Waals surface area (Å²) < 4.78 is 0. The minimum Gasteiger partial charge on any atom is -0.324 e. The lowest BCUT2D eigenvalue weighted by molar-refractivity contribution is 0.100. The van der Waals surface area contributed by atoms with Crippen LogP contribution in [0.3, 0.4) is 0 Å². The van der Waals surface area contributed by atoms with Gasteiger partial charge in [-0.25, -0.2) is 0 Å². The number of rotatable bonds is 3. The molecule has 0 atom stereocenters. The number of ketones is 1. The van der Waals surface area contributed by atoms with Crippen molar-refractivity contribution in [2.75, 3.05) is 11.9 Å². The Balaban J connectivity index is 2.73. The number of nitrogens with two attached hydrogens (primary N) is 1. The van der Waals surface area contributed by atoms with Crippen molar-refractivity contribution in [2.24, 2.45) is 5.73 Å². The van der Waals surface area contributed by atoms with E-state index in [0.717, 1.165) is 17.3 Å². The van der Waals surface area contributed by atoms with Crippen molar-refractivity contribution in [1.29, 1.82) is 0 Å². The minimum atomic E-state index is -0.0463. The fraction of sp³-hybridized carbons (Fsp3) is 0.250. The van der Waals surface area contributed by atoms with Gasteiger partial charge >= 0.3 is 0 Å². The Bertz CT molecular complexity index is 386. The smallest absolute Gasteiger partial charge is 0.176 e. The molecule has 0 unspecified atom stereocenters. The third-order valence-electron chi connectivity index (χ3n) is 1.84. The first kappa shape index (κ1) is 12.0. The molecule has 0 aromatic heterocycles. The van der Waals surface area contributed by atoms with Gasteiger partial charge < -0.3 is 5.73 Å². The number of halogens is 1. The zero-order valence-electron chi connectivity index (χ0n) is 8.29. The van der Waals surface area contributed by atoms with Crippen molar-refractivity contribution in [2.45, 2.75) is 6.42 Å². The van der Waals surface area contributed by atoms with Crippen LogP contribution in [0.15, 0.2) is 24.3 Å². The summed E-state index contributed by atoms with van der Waals surface area (Å²) in [7, 11) is 0. The Morgan fingerprint density at radius 3 is 2.53 bits per heavy atom. The van der Waals surface area contributed by atoms with Gasteiger partial charge in [-0.05, 0) is 12.1 Å². The lowest BCUT2D eigenvalue weighted by Crippen LogP contribution is -2.13. The average Bonchev–Trinajstić information content (AvgIpc) is 2.29. The molecular weight excluding hydrogens is 254 g/mol. The van der Waals surface area contributed by atoms with E-state index in [1.807, 2.05) is 12.1 Å². The van der Waals surface area contributed by atoms with Gasteiger partial charge in [-0.3, -0.25) is 4.79 Å². The van der Waals surface area contributed by atoms with Crippen LogP contribution in [0, 0.1) is 11.8 Å². The zero-order chi connectivity index (χ0) is 11.1. The highest BCUT2D eigenvalue weighted by atomic mass is 79.9. The Hall–Kier alpha value is -1.11. The number of alkyl halides is 1. The Kier molecular flexibility index (Phi) is 5.09. The average molecular weight is 266 g/mol. The molecule has 78 valence electrons. The van der Waals surface area contributed by atoms with Crippen LogP contribution < -0.4 is 5.73 Å². The number of benzene rings is 1. The quantitative estimate of drug-likeness (QED) is 0.516. The van der Waals surface area contributed by atoms with Crippen LogP contribution in [0.1, 0.15) is 22.3 Å². The molecule has 0 aliphatic heterocycles. The molecule has 2 nitrogen and oxygen atoms in total. The second-order valence-corrected chi connectivity index (χ2v) is 3.74. The van der Waals surface area contributed by atoms with Gasteiger partial charge in [-0.1, -0.05) is 39.9 Å². The van der Waals surface area contributed by atoms with E-state index >= 15 is 0 Å². The lowest BCUT2D eigenvalue weighted by atomic mass is 10.1. The summed E-state index contributed by atoms with van der Waals surface area (Å²) in [6, 6.07) is 7.19. The fourth-order valence-corrected chi connectivity index (χ4v) is 1.27. The molecule has 3 heteroatoms. The summed E-state index contributed by atoms with van der Waals surface area (Å²) in [6.45, 7) is 0.0502. The monoisotopic (exact) mass is 265 g/mol. The van der Waals surface area contributed by atoms with Gasteiger partial charge in [0.1, 0.15) is 0 Å². The maximum Gasteiger partial charge on any atom is 0.176 e. The molecule has 15 heavy (non-hydrogen) atoms. The van der Waals surface area contributed by atoms with Crippen molar-refractivity contribution < 1.29 is 4.79 Å². The van der Waals surface area contributed by atoms with Crippen molar-refractivity contribution in [3.05, 3.63) is 35.4 Å². The van der Waals surface area contributed by atoms with Gasteiger partial charge in [-0.2, -0.15) is 0 Å². The maximum atomic E-state index is 11.2. The largest absolute Gasteiger partial charge is 0.324 e. The number of Topliss-reactive ketones (excluding diaryl/α,β-unsaturated/α-hetero) is 1. The highest BCUT2D eigenvalue weighted by Crippen LogP contribution is 2.03. The number of hydrogen-bond acceptors (Lipinski definition) is 2. The van der Waals surface area contributed by atoms with Gasteiger partial charge in [-0.15, -0.1) is 0 Å². The highest BCUT2D eigenvalue weighted by Gasteiger charge is 2.01. The topological polar surface area (TPSA) is 43.1 Å². The molecule has 0 aliphatic carbocycles. The fourth-order valence-electron chi connectivity index (χ4n) is 1.07. The SMILES string of the molecule is NCC(=O)c1ccc(C#CCCBr)cc1. The summed E-state index contributed by atoms with van der Waals surface area (Å²) in [6.07, 6.45) is 0.823. The molecule has 0 radical (unpaired) electrons. The molecule has 0 heterocycles. The molecule has 2 N–H and O–H groups in total. The van der Waals surface area contributed by atoms with E-state index in [1.54, 1.807) is 12.1 Å². The van der Waals surface area contributed by atoms with E-state index in [9.17, 15) is 4.79 Å². The molecule has 0 aliphatic rings. The summed E-state index contributed by atoms with van der Waals surface area (Å²) in [5, 5.41) is 0.879. The minimum absolute atomic E-state index is 0.0463. The van der Waals surface area contributed by atoms with Crippen molar-refractivity contribution >= 4 is 21.7 Å². The van der Waals surface area contributed by atoms with Crippen molar-refractivity contribution in [3.63, 3.8) is 0 Å². The molecule has 1 rings (SSSR count). The summed E-state index contributed by atoms with van der Waals surface area (Å²) in [4.78, 5) is 11.2. The van der Waals surface area contributed by atoms with Gasteiger partial charge in [0.15, 0.2) is 5.78 Å². The Morgan fingerprint density at radius 2 is 2.00 bits per heavy atom. The van der Waals surface area contributed by atoms with Crippen LogP contribution in [0.5, 0.6) is 0 Å². The van der Waals surface area contributed by atoms with Crippen LogP contribution in [0.4, 0.5) is 0 Å². The molecule has 0 saturated carbocycles. The van der Waals surface area contributed by atoms with E-state index in [4.69, 9.17) is 5.73 Å². The van der Waals surface area contributed by atoms with Crippen LogP contribution in [-0.2, 0) is 0 Å². The molecule has 0 amide bonds. The third-order valence-corrected chi connectivity index (χ3v) is 2.24. The number of carbonyl (C=O) groups excluding carboxylic acids is 1. The van der Waals surface area contributed by atoms with E-state index < -0.39 is 0 Å². The predicted octanol–water partition coefficient (Wildman–Crippen LogP) is 1.96. The summed E-state index contributed by atoms with van der Waals surface area (Å²) in [5.41, 5.74) is 6.82. The van der Waals surface area contributed by atoms with Crippen molar-refractivity contribution in [1.82, 2.24) is 0 Å². The van der Waals surface area contributed by atoms with Gasteiger partial charge in [0.25, 0.3) is 0 Å². The summed E-state index contributed by atoms with van der Waals surface area (Å²) in [5.74, 6) is 5.97. The van der Waals surface area contributed by atoms with E-state index in [-0.39, 0.29) is 12.3 Å². The van der Waals surface area contributed by atoms with Crippen LogP contribution in [0.25, 0.3) is 0 Å². The second-order valence-electron chi connectivity index (χ2n) is 2.95. The number of hydrogen-bond donors (Lipinski definition) is 1. The first-order chi connectivity index (χ1) is 7.27. The second kappa shape index (κ2) is 6.39. The Labute approximate surface area is 98.0 Å². The third kappa shape index (κ3) is 3.86. The molecule has 0 fully saturated rings. The first-order valence-electron chi connectivity index (χ1n) is 4.66. The number of carbonyl (C=O) groups is 1. The molecule has 0 bridgehead atoms. The normalized spacial score (nSPS) is 9.20. The zero-order valence-corrected chi connectivity index (χ0v) is 9.88. The molecule has 1 aromatic rings. The van der Waals surface area contributed by atoms with Gasteiger partial charge in [0.2, 0.25) is 0 Å². The van der Waals surface area contributed by atoms with Gasteiger partial charge in [0, 0.05) is 22.9 Å². The maximum absolute atomic E-state index is 11.2. The standard InChI is InChI=1S/C12H12BrNO/c13-8-2-1-3-10-4-6-11(7-5-10)12(15)9-14/h4-7H,2,8-9,14H2. The van der Waals surface area contributed by atoms with E-state index in [1.165, 1.54) is 0 Å². The Morgan fingerprint density at radius 1 is 1.33 bits per heavy atom. The molecular formula is C12H12BrNO. The molecule has 1 aromatic carbocycles. The van der Waals surface area contributed by atoms with E-state index in [2.05, 4.69) is 27.8 Å². The van der Waals surface area contributed by atoms with E-state index in [0.29, 0.717) is 5.56 Å². The van der Waals surface area contributed by atoms with Crippen LogP contribution >= 0.6 is 15.9 Å². The van der Waals surface area contributed by atoms with Crippen LogP contribution in [-0.4, -0.2) is 17.7 Å². The van der Waals surface area contributed by atoms with Crippen molar-refractivity contribution in [3.8, 4) is 11.8 Å². The summed E-state index contributed by atoms with van der Waals surface area (Å²) >= 11 is 3.30. The van der Waals surface area contributed by atoms with Gasteiger partial charge in [0.05, 0.1) is 6.54 Å². The predicted molar refractivity (Wildman–Crippen MR) is 65.1 cm³/mol. The molecule has 0 saturated heterocycles. The highest BCUT2D eigenvalue weighted by molar-refractivity contribution is 9.09. The van der Waals surface area contributed by atoms with Crippen LogP contribution in [0.2, 0.25) is 0 Å². The first-order valence-corrected chi connectivity index (χ1v) is 5.78.